The maximum Gasteiger partial charge on any atom is 0.223 e. The summed E-state index contributed by atoms with van der Waals surface area (Å²) in [5, 5.41) is 0. The molecule has 1 fully saturated rings. The number of carbonyl (C=O) groups excluding carboxylic acids is 1. The number of nitrogens with two attached hydrogens (primary N) is 1. The van der Waals surface area contributed by atoms with Gasteiger partial charge in [0.05, 0.1) is 13.0 Å². The highest BCUT2D eigenvalue weighted by Gasteiger charge is 2.24. The van der Waals surface area contributed by atoms with E-state index in [0.717, 1.165) is 38.5 Å². The minimum absolute atomic E-state index is 0.0965. The topological polar surface area (TPSA) is 58.8 Å². The Balaban J connectivity index is 2.01. The van der Waals surface area contributed by atoms with Gasteiger partial charge < -0.3 is 15.4 Å². The van der Waals surface area contributed by atoms with E-state index in [2.05, 4.69) is 21.9 Å². The van der Waals surface area contributed by atoms with E-state index in [-0.39, 0.29) is 11.8 Å². The van der Waals surface area contributed by atoms with Gasteiger partial charge in [0.15, 0.2) is 0 Å². The second kappa shape index (κ2) is 6.72. The Morgan fingerprint density at radius 2 is 2.00 bits per heavy atom. The molecule has 1 amide bonds. The highest BCUT2D eigenvalue weighted by atomic mass is 16.5. The van der Waals surface area contributed by atoms with Crippen LogP contribution in [-0.4, -0.2) is 56.0 Å². The maximum absolute atomic E-state index is 11.5. The van der Waals surface area contributed by atoms with E-state index in [1.54, 1.807) is 7.11 Å². The second-order valence-corrected chi connectivity index (χ2v) is 5.44. The van der Waals surface area contributed by atoms with E-state index < -0.39 is 0 Å². The molecule has 0 aromatic heterocycles. The first-order chi connectivity index (χ1) is 9.58. The van der Waals surface area contributed by atoms with Gasteiger partial charge in [-0.1, -0.05) is 12.1 Å². The molecule has 1 aromatic carbocycles. The molecule has 20 heavy (non-hydrogen) atoms. The Morgan fingerprint density at radius 3 is 2.60 bits per heavy atom. The molecule has 1 aliphatic heterocycles. The van der Waals surface area contributed by atoms with Gasteiger partial charge in [0.1, 0.15) is 5.75 Å². The molecular weight excluding hydrogens is 254 g/mol. The predicted molar refractivity (Wildman–Crippen MR) is 78.5 cm³/mol. The quantitative estimate of drug-likeness (QED) is 0.873. The molecule has 2 rings (SSSR count). The van der Waals surface area contributed by atoms with Gasteiger partial charge in [-0.15, -0.1) is 0 Å². The first-order valence-electron chi connectivity index (χ1n) is 6.91. The lowest BCUT2D eigenvalue weighted by Gasteiger charge is -2.22. The second-order valence-electron chi connectivity index (χ2n) is 5.44. The summed E-state index contributed by atoms with van der Waals surface area (Å²) in [5.41, 5.74) is 6.70. The molecule has 5 nitrogen and oxygen atoms in total. The largest absolute Gasteiger partial charge is 0.497 e. The molecular formula is C15H23N3O2. The third kappa shape index (κ3) is 3.95. The molecule has 1 heterocycles. The molecule has 0 aliphatic carbocycles. The van der Waals surface area contributed by atoms with Crippen LogP contribution >= 0.6 is 0 Å². The number of rotatable bonds is 4. The van der Waals surface area contributed by atoms with Gasteiger partial charge in [-0.2, -0.15) is 0 Å². The average Bonchev–Trinajstić information content (AvgIpc) is 2.62. The van der Waals surface area contributed by atoms with E-state index in [0.29, 0.717) is 0 Å². The van der Waals surface area contributed by atoms with Crippen molar-refractivity contribution in [3.8, 4) is 5.75 Å². The Labute approximate surface area is 120 Å². The van der Waals surface area contributed by atoms with Gasteiger partial charge in [-0.3, -0.25) is 9.69 Å². The van der Waals surface area contributed by atoms with Crippen molar-refractivity contribution < 1.29 is 9.53 Å². The van der Waals surface area contributed by atoms with Gasteiger partial charge in [-0.25, -0.2) is 0 Å². The molecule has 0 saturated carbocycles. The lowest BCUT2D eigenvalue weighted by Crippen LogP contribution is -2.37. The van der Waals surface area contributed by atoms with Crippen molar-refractivity contribution in [3.63, 3.8) is 0 Å². The van der Waals surface area contributed by atoms with E-state index in [1.807, 2.05) is 19.2 Å². The molecule has 5 heteroatoms. The van der Waals surface area contributed by atoms with Crippen LogP contribution in [0.5, 0.6) is 5.75 Å². The highest BCUT2D eigenvalue weighted by Crippen LogP contribution is 2.15. The highest BCUT2D eigenvalue weighted by molar-refractivity contribution is 5.77. The number of amides is 1. The minimum atomic E-state index is -0.210. The smallest absolute Gasteiger partial charge is 0.223 e. The number of likely N-dealkylation sites (N-methyl/N-ethyl adjacent to an activating group) is 1. The summed E-state index contributed by atoms with van der Waals surface area (Å²) in [6.45, 7) is 4.22. The third-order valence-electron chi connectivity index (χ3n) is 3.78. The van der Waals surface area contributed by atoms with Gasteiger partial charge in [0, 0.05) is 32.7 Å². The van der Waals surface area contributed by atoms with Crippen molar-refractivity contribution in [2.75, 3.05) is 40.3 Å². The molecule has 1 aliphatic rings. The lowest BCUT2D eigenvalue weighted by atomic mass is 10.1. The molecule has 1 aromatic rings. The van der Waals surface area contributed by atoms with Gasteiger partial charge in [0.2, 0.25) is 5.91 Å². The van der Waals surface area contributed by atoms with Crippen LogP contribution < -0.4 is 10.5 Å². The van der Waals surface area contributed by atoms with E-state index in [4.69, 9.17) is 10.5 Å². The molecule has 0 spiro atoms. The zero-order chi connectivity index (χ0) is 14.5. The van der Waals surface area contributed by atoms with Crippen molar-refractivity contribution in [2.45, 2.75) is 6.54 Å². The van der Waals surface area contributed by atoms with Gasteiger partial charge in [-0.05, 0) is 24.7 Å². The fourth-order valence-electron chi connectivity index (χ4n) is 2.55. The Hall–Kier alpha value is -1.59. The summed E-state index contributed by atoms with van der Waals surface area (Å²) in [5.74, 6) is 0.554. The Bertz CT molecular complexity index is 447. The monoisotopic (exact) mass is 277 g/mol. The molecule has 0 bridgehead atoms. The first kappa shape index (κ1) is 14.8. The van der Waals surface area contributed by atoms with Crippen molar-refractivity contribution in [1.29, 1.82) is 0 Å². The maximum atomic E-state index is 11.5. The molecule has 110 valence electrons. The van der Waals surface area contributed by atoms with Crippen LogP contribution in [0.4, 0.5) is 0 Å². The summed E-state index contributed by atoms with van der Waals surface area (Å²) in [7, 11) is 3.70. The number of primary amides is 1. The van der Waals surface area contributed by atoms with Crippen LogP contribution in [0.2, 0.25) is 0 Å². The predicted octanol–water partition coefficient (Wildman–Crippen LogP) is 0.544. The molecule has 1 atom stereocenters. The number of carbonyl (C=O) groups is 1. The zero-order valence-electron chi connectivity index (χ0n) is 12.2. The van der Waals surface area contributed by atoms with Crippen LogP contribution in [0.25, 0.3) is 0 Å². The fourth-order valence-corrected chi connectivity index (χ4v) is 2.55. The summed E-state index contributed by atoms with van der Waals surface area (Å²) in [6, 6.07) is 8.05. The standard InChI is InChI=1S/C15H23N3O2/c1-17-7-8-18(11-13(10-17)15(16)19)9-12-3-5-14(20-2)6-4-12/h3-6,13H,7-11H2,1-2H3,(H2,16,19)/t13-/m1/s1. The van der Waals surface area contributed by atoms with Crippen molar-refractivity contribution in [3.05, 3.63) is 29.8 Å². The van der Waals surface area contributed by atoms with Crippen LogP contribution in [0.3, 0.4) is 0 Å². The van der Waals surface area contributed by atoms with E-state index >= 15 is 0 Å². The SMILES string of the molecule is COc1ccc(CN2CCN(C)C[C@@H](C(N)=O)C2)cc1. The number of benzene rings is 1. The summed E-state index contributed by atoms with van der Waals surface area (Å²) < 4.78 is 5.16. The molecule has 2 N–H and O–H groups in total. The van der Waals surface area contributed by atoms with Gasteiger partial charge >= 0.3 is 0 Å². The van der Waals surface area contributed by atoms with E-state index in [1.165, 1.54) is 5.56 Å². The Morgan fingerprint density at radius 1 is 1.30 bits per heavy atom. The average molecular weight is 277 g/mol. The lowest BCUT2D eigenvalue weighted by molar-refractivity contribution is -0.122. The van der Waals surface area contributed by atoms with Crippen LogP contribution in [0.15, 0.2) is 24.3 Å². The normalized spacial score (nSPS) is 21.4. The summed E-state index contributed by atoms with van der Waals surface area (Å²) in [4.78, 5) is 15.9. The zero-order valence-corrected chi connectivity index (χ0v) is 12.2. The van der Waals surface area contributed by atoms with Crippen LogP contribution in [0, 0.1) is 5.92 Å². The third-order valence-corrected chi connectivity index (χ3v) is 3.78. The Kier molecular flexibility index (Phi) is 4.98. The molecule has 0 radical (unpaired) electrons. The minimum Gasteiger partial charge on any atom is -0.497 e. The van der Waals surface area contributed by atoms with E-state index in [9.17, 15) is 4.79 Å². The molecule has 1 saturated heterocycles. The summed E-state index contributed by atoms with van der Waals surface area (Å²) >= 11 is 0. The number of hydrogen-bond acceptors (Lipinski definition) is 4. The number of ether oxygens (including phenoxy) is 1. The van der Waals surface area contributed by atoms with Crippen LogP contribution in [-0.2, 0) is 11.3 Å². The van der Waals surface area contributed by atoms with Crippen molar-refractivity contribution in [1.82, 2.24) is 9.80 Å². The van der Waals surface area contributed by atoms with Gasteiger partial charge in [0.25, 0.3) is 0 Å². The summed E-state index contributed by atoms with van der Waals surface area (Å²) in [6.07, 6.45) is 0. The number of nitrogens with zero attached hydrogens (tertiary/aromatic N) is 2. The van der Waals surface area contributed by atoms with Crippen molar-refractivity contribution >= 4 is 5.91 Å². The number of hydrogen-bond donors (Lipinski definition) is 1. The van der Waals surface area contributed by atoms with Crippen LogP contribution in [0.1, 0.15) is 5.56 Å². The molecule has 0 unspecified atom stereocenters. The first-order valence-corrected chi connectivity index (χ1v) is 6.91. The fraction of sp³-hybridized carbons (Fsp3) is 0.533. The number of methoxy groups -OCH3 is 1. The van der Waals surface area contributed by atoms with Crippen molar-refractivity contribution in [2.24, 2.45) is 11.7 Å².